The first kappa shape index (κ1) is 22.7. The number of aryl methyl sites for hydroxylation is 1. The van der Waals surface area contributed by atoms with Gasteiger partial charge in [0.2, 0.25) is 5.91 Å². The Labute approximate surface area is 185 Å². The molecule has 172 valence electrons. The summed E-state index contributed by atoms with van der Waals surface area (Å²) in [4.78, 5) is 23.3. The minimum atomic E-state index is -4.36. The standard InChI is InChI=1S/C23H27F3N4O2/c1-14-28-20(15-3-5-17(6-4-15)23(24,25)26)10-21(29-14)19-12-30-8-7-16(19)9-18(30)11-27-22(31)13-32-2/h3-6,10,16,18-19H,7-9,11-13H2,1-2H3,(H,27,31)/t16-,18+,19+/m0/s1. The summed E-state index contributed by atoms with van der Waals surface area (Å²) in [7, 11) is 1.50. The monoisotopic (exact) mass is 448 g/mol. The summed E-state index contributed by atoms with van der Waals surface area (Å²) in [6, 6.07) is 7.31. The van der Waals surface area contributed by atoms with Crippen LogP contribution in [0.1, 0.15) is 35.8 Å². The molecule has 1 aromatic heterocycles. The quantitative estimate of drug-likeness (QED) is 0.734. The fourth-order valence-corrected chi connectivity index (χ4v) is 4.86. The Kier molecular flexibility index (Phi) is 6.48. The van der Waals surface area contributed by atoms with E-state index in [1.54, 1.807) is 0 Å². The van der Waals surface area contributed by atoms with Gasteiger partial charge in [0.05, 0.1) is 11.3 Å². The Bertz CT molecular complexity index is 965. The van der Waals surface area contributed by atoms with Crippen molar-refractivity contribution in [2.75, 3.05) is 33.4 Å². The third kappa shape index (κ3) is 4.94. The van der Waals surface area contributed by atoms with Gasteiger partial charge < -0.3 is 10.1 Å². The van der Waals surface area contributed by atoms with Crippen LogP contribution in [-0.4, -0.2) is 60.2 Å². The molecule has 4 heterocycles. The Morgan fingerprint density at radius 2 is 2.00 bits per heavy atom. The van der Waals surface area contributed by atoms with Gasteiger partial charge in [-0.25, -0.2) is 9.97 Å². The van der Waals surface area contributed by atoms with Crippen LogP contribution in [-0.2, 0) is 15.7 Å². The molecule has 6 nitrogen and oxygen atoms in total. The van der Waals surface area contributed by atoms with E-state index in [1.165, 1.54) is 19.2 Å². The number of piperidine rings is 3. The van der Waals surface area contributed by atoms with Crippen molar-refractivity contribution in [1.82, 2.24) is 20.2 Å². The van der Waals surface area contributed by atoms with E-state index in [4.69, 9.17) is 4.74 Å². The van der Waals surface area contributed by atoms with E-state index in [0.717, 1.165) is 43.8 Å². The fourth-order valence-electron chi connectivity index (χ4n) is 4.86. The number of halogens is 3. The van der Waals surface area contributed by atoms with Crippen LogP contribution in [0, 0.1) is 12.8 Å². The van der Waals surface area contributed by atoms with Gasteiger partial charge in [0.15, 0.2) is 0 Å². The van der Waals surface area contributed by atoms with Gasteiger partial charge in [-0.2, -0.15) is 13.2 Å². The molecule has 2 bridgehead atoms. The number of amides is 1. The number of alkyl halides is 3. The number of nitrogens with one attached hydrogen (secondary N) is 1. The smallest absolute Gasteiger partial charge is 0.375 e. The van der Waals surface area contributed by atoms with Gasteiger partial charge in [-0.3, -0.25) is 9.69 Å². The Morgan fingerprint density at radius 1 is 1.25 bits per heavy atom. The molecule has 1 aromatic carbocycles. The summed E-state index contributed by atoms with van der Waals surface area (Å²) in [5, 5.41) is 2.94. The SMILES string of the molecule is COCC(=O)NC[C@H]1C[C@@H]2CCN1C[C@H]2c1cc(-c2ccc(C(F)(F)F)cc2)nc(C)n1. The number of fused-ring (bicyclic) bond motifs is 3. The molecule has 3 aliphatic rings. The molecule has 2 aromatic rings. The van der Waals surface area contributed by atoms with Crippen molar-refractivity contribution in [3.05, 3.63) is 47.4 Å². The Morgan fingerprint density at radius 3 is 2.62 bits per heavy atom. The second-order valence-corrected chi connectivity index (χ2v) is 8.58. The van der Waals surface area contributed by atoms with Crippen molar-refractivity contribution in [2.24, 2.45) is 5.92 Å². The molecule has 3 fully saturated rings. The van der Waals surface area contributed by atoms with Gasteiger partial charge in [0, 0.05) is 43.4 Å². The second-order valence-electron chi connectivity index (χ2n) is 8.58. The molecule has 3 aliphatic heterocycles. The lowest BCUT2D eigenvalue weighted by molar-refractivity contribution is -0.137. The summed E-state index contributed by atoms with van der Waals surface area (Å²) >= 11 is 0. The van der Waals surface area contributed by atoms with E-state index in [-0.39, 0.29) is 18.4 Å². The molecular weight excluding hydrogens is 421 g/mol. The molecule has 5 rings (SSSR count). The summed E-state index contributed by atoms with van der Waals surface area (Å²) in [6.45, 7) is 4.31. The average Bonchev–Trinajstić information content (AvgIpc) is 2.77. The first-order valence-corrected chi connectivity index (χ1v) is 10.8. The second kappa shape index (κ2) is 9.15. The molecule has 32 heavy (non-hydrogen) atoms. The fraction of sp³-hybridized carbons (Fsp3) is 0.522. The van der Waals surface area contributed by atoms with E-state index in [9.17, 15) is 18.0 Å². The van der Waals surface area contributed by atoms with Gasteiger partial charge in [0.25, 0.3) is 0 Å². The van der Waals surface area contributed by atoms with E-state index in [2.05, 4.69) is 20.2 Å². The van der Waals surface area contributed by atoms with Crippen LogP contribution >= 0.6 is 0 Å². The lowest BCUT2D eigenvalue weighted by Crippen LogP contribution is -2.56. The van der Waals surface area contributed by atoms with Crippen LogP contribution in [0.15, 0.2) is 30.3 Å². The number of rotatable bonds is 6. The number of benzene rings is 1. The molecule has 9 heteroatoms. The van der Waals surface area contributed by atoms with Crippen molar-refractivity contribution in [3.8, 4) is 11.3 Å². The van der Waals surface area contributed by atoms with Crippen LogP contribution in [0.5, 0.6) is 0 Å². The van der Waals surface area contributed by atoms with Crippen LogP contribution in [0.25, 0.3) is 11.3 Å². The Balaban J connectivity index is 1.49. The van der Waals surface area contributed by atoms with Crippen molar-refractivity contribution < 1.29 is 22.7 Å². The number of ether oxygens (including phenoxy) is 1. The minimum absolute atomic E-state index is 0.0612. The van der Waals surface area contributed by atoms with Gasteiger partial charge in [-0.15, -0.1) is 0 Å². The number of hydrogen-bond donors (Lipinski definition) is 1. The minimum Gasteiger partial charge on any atom is -0.375 e. The zero-order valence-corrected chi connectivity index (χ0v) is 18.2. The molecule has 1 N–H and O–H groups in total. The van der Waals surface area contributed by atoms with Gasteiger partial charge in [-0.05, 0) is 50.4 Å². The van der Waals surface area contributed by atoms with E-state index in [1.807, 2.05) is 13.0 Å². The van der Waals surface area contributed by atoms with Gasteiger partial charge in [0.1, 0.15) is 12.4 Å². The molecule has 4 atom stereocenters. The molecular formula is C23H27F3N4O2. The van der Waals surface area contributed by atoms with E-state index in [0.29, 0.717) is 35.6 Å². The van der Waals surface area contributed by atoms with E-state index < -0.39 is 11.7 Å². The van der Waals surface area contributed by atoms with Crippen LogP contribution < -0.4 is 5.32 Å². The van der Waals surface area contributed by atoms with Crippen molar-refractivity contribution >= 4 is 5.91 Å². The van der Waals surface area contributed by atoms with Crippen LogP contribution in [0.2, 0.25) is 0 Å². The summed E-state index contributed by atoms with van der Waals surface area (Å²) in [5.74, 6) is 1.18. The number of carbonyl (C=O) groups excluding carboxylic acids is 1. The first-order valence-electron chi connectivity index (χ1n) is 10.8. The zero-order chi connectivity index (χ0) is 22.9. The van der Waals surface area contributed by atoms with E-state index >= 15 is 0 Å². The summed E-state index contributed by atoms with van der Waals surface area (Å²) in [6.07, 6.45) is -2.33. The average molecular weight is 448 g/mol. The highest BCUT2D eigenvalue weighted by atomic mass is 19.4. The van der Waals surface area contributed by atoms with Gasteiger partial charge >= 0.3 is 6.18 Å². The van der Waals surface area contributed by atoms with Crippen molar-refractivity contribution in [1.29, 1.82) is 0 Å². The maximum atomic E-state index is 12.9. The molecule has 0 aliphatic carbocycles. The molecule has 1 unspecified atom stereocenters. The maximum absolute atomic E-state index is 12.9. The maximum Gasteiger partial charge on any atom is 0.416 e. The highest BCUT2D eigenvalue weighted by Crippen LogP contribution is 2.41. The Hall–Kier alpha value is -2.52. The molecule has 3 saturated heterocycles. The number of nitrogens with zero attached hydrogens (tertiary/aromatic N) is 3. The molecule has 0 saturated carbocycles. The summed E-state index contributed by atoms with van der Waals surface area (Å²) < 4.78 is 43.5. The predicted octanol–water partition coefficient (Wildman–Crippen LogP) is 3.41. The number of hydrogen-bond acceptors (Lipinski definition) is 5. The largest absolute Gasteiger partial charge is 0.416 e. The summed E-state index contributed by atoms with van der Waals surface area (Å²) in [5.41, 5.74) is 1.54. The highest BCUT2D eigenvalue weighted by Gasteiger charge is 2.41. The van der Waals surface area contributed by atoms with Crippen molar-refractivity contribution in [2.45, 2.75) is 37.9 Å². The van der Waals surface area contributed by atoms with Gasteiger partial charge in [-0.1, -0.05) is 12.1 Å². The van der Waals surface area contributed by atoms with Crippen LogP contribution in [0.3, 0.4) is 0 Å². The zero-order valence-electron chi connectivity index (χ0n) is 18.2. The molecule has 0 spiro atoms. The topological polar surface area (TPSA) is 67.3 Å². The van der Waals surface area contributed by atoms with Crippen molar-refractivity contribution in [3.63, 3.8) is 0 Å². The lowest BCUT2D eigenvalue weighted by Gasteiger charge is -2.49. The number of carbonyl (C=O) groups is 1. The highest BCUT2D eigenvalue weighted by molar-refractivity contribution is 5.77. The molecule has 0 radical (unpaired) electrons. The third-order valence-corrected chi connectivity index (χ3v) is 6.43. The normalized spacial score (nSPS) is 25.0. The lowest BCUT2D eigenvalue weighted by atomic mass is 9.74. The first-order chi connectivity index (χ1) is 15.2. The van der Waals surface area contributed by atoms with Crippen LogP contribution in [0.4, 0.5) is 13.2 Å². The number of aromatic nitrogens is 2. The molecule has 1 amide bonds. The predicted molar refractivity (Wildman–Crippen MR) is 113 cm³/mol. The number of methoxy groups -OCH3 is 1. The third-order valence-electron chi connectivity index (χ3n) is 6.43.